The minimum Gasteiger partial charge on any atom is -0.300 e. The molecule has 0 spiro atoms. The quantitative estimate of drug-likeness (QED) is 0.649. The number of hydrogen-bond donors (Lipinski definition) is 0. The molecule has 0 aromatic heterocycles. The molecule has 1 fully saturated rings. The van der Waals surface area contributed by atoms with Gasteiger partial charge >= 0.3 is 0 Å². The van der Waals surface area contributed by atoms with Crippen molar-refractivity contribution < 1.29 is 0 Å². The largest absolute Gasteiger partial charge is 0.300 e. The van der Waals surface area contributed by atoms with E-state index in [1.807, 2.05) is 0 Å². The molecule has 1 heterocycles. The van der Waals surface area contributed by atoms with E-state index < -0.39 is 0 Å². The number of nitrogens with zero attached hydrogens (tertiary/aromatic N) is 1. The lowest BCUT2D eigenvalue weighted by molar-refractivity contribution is 0.157. The second kappa shape index (κ2) is 5.64. The smallest absolute Gasteiger partial charge is 0.0118 e. The molecule has 1 nitrogen and oxygen atoms in total. The molecule has 0 saturated carbocycles. The first-order valence-electron chi connectivity index (χ1n) is 5.99. The highest BCUT2D eigenvalue weighted by Gasteiger charge is 2.22. The van der Waals surface area contributed by atoms with Gasteiger partial charge in [-0.05, 0) is 38.3 Å². The SMILES string of the molecule is CCCN1CCCCCC1C(C)C. The van der Waals surface area contributed by atoms with Crippen molar-refractivity contribution in [2.45, 2.75) is 58.9 Å². The zero-order chi connectivity index (χ0) is 9.68. The van der Waals surface area contributed by atoms with Crippen molar-refractivity contribution in [3.63, 3.8) is 0 Å². The highest BCUT2D eigenvalue weighted by atomic mass is 15.2. The summed E-state index contributed by atoms with van der Waals surface area (Å²) in [4.78, 5) is 2.72. The van der Waals surface area contributed by atoms with Crippen molar-refractivity contribution in [2.24, 2.45) is 5.92 Å². The number of hydrogen-bond acceptors (Lipinski definition) is 1. The Hall–Kier alpha value is -0.0400. The van der Waals surface area contributed by atoms with Gasteiger partial charge in [-0.3, -0.25) is 0 Å². The molecule has 78 valence electrons. The summed E-state index contributed by atoms with van der Waals surface area (Å²) in [7, 11) is 0. The van der Waals surface area contributed by atoms with Gasteiger partial charge in [-0.2, -0.15) is 0 Å². The van der Waals surface area contributed by atoms with E-state index in [-0.39, 0.29) is 0 Å². The first-order valence-corrected chi connectivity index (χ1v) is 5.99. The minimum absolute atomic E-state index is 0.838. The van der Waals surface area contributed by atoms with E-state index in [1.165, 1.54) is 45.2 Å². The molecule has 0 aromatic rings. The molecule has 1 rings (SSSR count). The van der Waals surface area contributed by atoms with Crippen molar-refractivity contribution in [2.75, 3.05) is 13.1 Å². The summed E-state index contributed by atoms with van der Waals surface area (Å²) in [5, 5.41) is 0. The van der Waals surface area contributed by atoms with Gasteiger partial charge in [0.25, 0.3) is 0 Å². The summed E-state index contributed by atoms with van der Waals surface area (Å²) in [6.45, 7) is 9.69. The van der Waals surface area contributed by atoms with Gasteiger partial charge in [0, 0.05) is 6.04 Å². The Balaban J connectivity index is 2.50. The zero-order valence-electron chi connectivity index (χ0n) is 9.55. The number of rotatable bonds is 3. The molecule has 1 aliphatic rings. The van der Waals surface area contributed by atoms with E-state index >= 15 is 0 Å². The lowest BCUT2D eigenvalue weighted by Crippen LogP contribution is -2.38. The standard InChI is InChI=1S/C12H25N/c1-4-9-13-10-7-5-6-8-12(13)11(2)3/h11-12H,4-10H2,1-3H3. The van der Waals surface area contributed by atoms with Crippen LogP contribution in [0.1, 0.15) is 52.9 Å². The predicted molar refractivity (Wildman–Crippen MR) is 59.0 cm³/mol. The molecule has 1 heteroatoms. The van der Waals surface area contributed by atoms with Crippen LogP contribution < -0.4 is 0 Å². The summed E-state index contributed by atoms with van der Waals surface area (Å²) in [6.07, 6.45) is 7.05. The normalized spacial score (nSPS) is 26.3. The topological polar surface area (TPSA) is 3.24 Å². The molecular formula is C12H25N. The maximum absolute atomic E-state index is 2.72. The molecule has 1 saturated heterocycles. The van der Waals surface area contributed by atoms with Gasteiger partial charge < -0.3 is 4.90 Å². The lowest BCUT2D eigenvalue weighted by Gasteiger charge is -2.32. The average Bonchev–Trinajstić information content (AvgIpc) is 2.30. The van der Waals surface area contributed by atoms with E-state index in [2.05, 4.69) is 25.7 Å². The second-order valence-electron chi connectivity index (χ2n) is 4.70. The Morgan fingerprint density at radius 3 is 2.62 bits per heavy atom. The van der Waals surface area contributed by atoms with Crippen molar-refractivity contribution in [3.05, 3.63) is 0 Å². The zero-order valence-corrected chi connectivity index (χ0v) is 9.55. The van der Waals surface area contributed by atoms with Crippen LogP contribution >= 0.6 is 0 Å². The van der Waals surface area contributed by atoms with Gasteiger partial charge in [-0.15, -0.1) is 0 Å². The molecule has 0 aliphatic carbocycles. The summed E-state index contributed by atoms with van der Waals surface area (Å²) in [5.74, 6) is 0.838. The van der Waals surface area contributed by atoms with Crippen LogP contribution in [0.2, 0.25) is 0 Å². The van der Waals surface area contributed by atoms with Gasteiger partial charge in [-0.25, -0.2) is 0 Å². The Morgan fingerprint density at radius 2 is 2.00 bits per heavy atom. The summed E-state index contributed by atoms with van der Waals surface area (Å²) in [5.41, 5.74) is 0. The highest BCUT2D eigenvalue weighted by molar-refractivity contribution is 4.77. The molecule has 0 aromatic carbocycles. The summed E-state index contributed by atoms with van der Waals surface area (Å²) < 4.78 is 0. The van der Waals surface area contributed by atoms with E-state index in [4.69, 9.17) is 0 Å². The van der Waals surface area contributed by atoms with Gasteiger partial charge in [0.15, 0.2) is 0 Å². The van der Waals surface area contributed by atoms with Gasteiger partial charge in [0.05, 0.1) is 0 Å². The predicted octanol–water partition coefficient (Wildman–Crippen LogP) is 3.30. The minimum atomic E-state index is 0.838. The first kappa shape index (κ1) is 11.0. The van der Waals surface area contributed by atoms with E-state index in [9.17, 15) is 0 Å². The van der Waals surface area contributed by atoms with E-state index in [0.717, 1.165) is 12.0 Å². The van der Waals surface area contributed by atoms with Gasteiger partial charge in [-0.1, -0.05) is 33.6 Å². The Bertz CT molecular complexity index is 131. The lowest BCUT2D eigenvalue weighted by atomic mass is 9.98. The Kier molecular flexibility index (Phi) is 4.79. The van der Waals surface area contributed by atoms with E-state index in [1.54, 1.807) is 0 Å². The van der Waals surface area contributed by atoms with Crippen LogP contribution in [0.15, 0.2) is 0 Å². The molecule has 0 radical (unpaired) electrons. The third-order valence-corrected chi connectivity index (χ3v) is 3.19. The average molecular weight is 183 g/mol. The summed E-state index contributed by atoms with van der Waals surface area (Å²) >= 11 is 0. The maximum atomic E-state index is 2.72. The molecule has 0 amide bonds. The van der Waals surface area contributed by atoms with Crippen molar-refractivity contribution in [1.82, 2.24) is 4.90 Å². The van der Waals surface area contributed by atoms with Crippen LogP contribution in [0.4, 0.5) is 0 Å². The highest BCUT2D eigenvalue weighted by Crippen LogP contribution is 2.22. The molecule has 1 atom stereocenters. The van der Waals surface area contributed by atoms with Crippen LogP contribution in [0.3, 0.4) is 0 Å². The third kappa shape index (κ3) is 3.30. The first-order chi connectivity index (χ1) is 6.25. The molecule has 1 unspecified atom stereocenters. The number of likely N-dealkylation sites (tertiary alicyclic amines) is 1. The Labute approximate surface area is 83.5 Å². The molecule has 0 N–H and O–H groups in total. The molecular weight excluding hydrogens is 158 g/mol. The van der Waals surface area contributed by atoms with Gasteiger partial charge in [0.2, 0.25) is 0 Å². The van der Waals surface area contributed by atoms with Crippen molar-refractivity contribution in [3.8, 4) is 0 Å². The van der Waals surface area contributed by atoms with Crippen molar-refractivity contribution in [1.29, 1.82) is 0 Å². The van der Waals surface area contributed by atoms with Crippen LogP contribution in [-0.4, -0.2) is 24.0 Å². The monoisotopic (exact) mass is 183 g/mol. The molecule has 0 bridgehead atoms. The molecule has 1 aliphatic heterocycles. The third-order valence-electron chi connectivity index (χ3n) is 3.19. The van der Waals surface area contributed by atoms with Crippen LogP contribution in [0.5, 0.6) is 0 Å². The van der Waals surface area contributed by atoms with Crippen LogP contribution in [0.25, 0.3) is 0 Å². The molecule has 13 heavy (non-hydrogen) atoms. The fourth-order valence-electron chi connectivity index (χ4n) is 2.51. The summed E-state index contributed by atoms with van der Waals surface area (Å²) in [6, 6.07) is 0.863. The van der Waals surface area contributed by atoms with Crippen LogP contribution in [0, 0.1) is 5.92 Å². The maximum Gasteiger partial charge on any atom is 0.0118 e. The fourth-order valence-corrected chi connectivity index (χ4v) is 2.51. The second-order valence-corrected chi connectivity index (χ2v) is 4.70. The Morgan fingerprint density at radius 1 is 1.23 bits per heavy atom. The fraction of sp³-hybridized carbons (Fsp3) is 1.00. The van der Waals surface area contributed by atoms with Gasteiger partial charge in [0.1, 0.15) is 0 Å². The van der Waals surface area contributed by atoms with E-state index in [0.29, 0.717) is 0 Å². The van der Waals surface area contributed by atoms with Crippen molar-refractivity contribution >= 4 is 0 Å². The van der Waals surface area contributed by atoms with Crippen LogP contribution in [-0.2, 0) is 0 Å².